The number of anilines is 1. The molecule has 0 saturated heterocycles. The Hall–Kier alpha value is -3.90. The maximum absolute atomic E-state index is 12.6. The van der Waals surface area contributed by atoms with Gasteiger partial charge in [-0.25, -0.2) is 4.98 Å². The van der Waals surface area contributed by atoms with Gasteiger partial charge in [0.25, 0.3) is 5.91 Å². The fraction of sp³-hybridized carbons (Fsp3) is 0.0800. The van der Waals surface area contributed by atoms with Crippen LogP contribution in [-0.2, 0) is 0 Å². The summed E-state index contributed by atoms with van der Waals surface area (Å²) in [6.07, 6.45) is 3.10. The SMILES string of the molecule is CCOc1ccccc1NC(=O)c1ccc(C=CC(=O)c2nc3cccc(Cl)c3[nH]2)cc1. The number of aromatic nitrogens is 2. The van der Waals surface area contributed by atoms with Gasteiger partial charge in [-0.15, -0.1) is 0 Å². The van der Waals surface area contributed by atoms with Gasteiger partial charge in [0.2, 0.25) is 5.78 Å². The Balaban J connectivity index is 1.44. The maximum Gasteiger partial charge on any atom is 0.255 e. The summed E-state index contributed by atoms with van der Waals surface area (Å²) in [7, 11) is 0. The van der Waals surface area contributed by atoms with Crippen molar-refractivity contribution in [3.05, 3.63) is 94.8 Å². The monoisotopic (exact) mass is 445 g/mol. The molecule has 0 unspecified atom stereocenters. The molecule has 0 atom stereocenters. The number of hydrogen-bond donors (Lipinski definition) is 2. The third-order valence-corrected chi connectivity index (χ3v) is 5.05. The van der Waals surface area contributed by atoms with E-state index in [0.717, 1.165) is 5.56 Å². The molecule has 0 aliphatic rings. The number of nitrogens with one attached hydrogen (secondary N) is 2. The van der Waals surface area contributed by atoms with Crippen LogP contribution in [0.25, 0.3) is 17.1 Å². The predicted octanol–water partition coefficient (Wildman–Crippen LogP) is 5.76. The second kappa shape index (κ2) is 9.49. The van der Waals surface area contributed by atoms with Gasteiger partial charge < -0.3 is 15.0 Å². The van der Waals surface area contributed by atoms with E-state index in [0.29, 0.717) is 39.7 Å². The number of nitrogens with zero attached hydrogens (tertiary/aromatic N) is 1. The Morgan fingerprint density at radius 1 is 1.06 bits per heavy atom. The van der Waals surface area contributed by atoms with E-state index in [2.05, 4.69) is 15.3 Å². The standard InChI is InChI=1S/C25H20ClN3O3/c1-2-32-22-9-4-3-7-19(22)28-25(31)17-13-10-16(11-14-17)12-15-21(30)24-27-20-8-5-6-18(26)23(20)29-24/h3-15H,2H2,1H3,(H,27,29)(H,28,31). The van der Waals surface area contributed by atoms with Crippen LogP contribution in [0.2, 0.25) is 5.02 Å². The van der Waals surface area contributed by atoms with Crippen LogP contribution >= 0.6 is 11.6 Å². The minimum Gasteiger partial charge on any atom is -0.492 e. The lowest BCUT2D eigenvalue weighted by Gasteiger charge is -2.11. The average Bonchev–Trinajstić information content (AvgIpc) is 3.25. The first kappa shape index (κ1) is 21.3. The molecular weight excluding hydrogens is 426 g/mol. The van der Waals surface area contributed by atoms with E-state index in [4.69, 9.17) is 16.3 Å². The van der Waals surface area contributed by atoms with Gasteiger partial charge in [-0.2, -0.15) is 0 Å². The van der Waals surface area contributed by atoms with E-state index in [9.17, 15) is 9.59 Å². The first-order valence-electron chi connectivity index (χ1n) is 10.0. The molecule has 0 aliphatic carbocycles. The Bertz CT molecular complexity index is 1310. The fourth-order valence-electron chi connectivity index (χ4n) is 3.16. The highest BCUT2D eigenvalue weighted by Gasteiger charge is 2.11. The number of H-pyrrole nitrogens is 1. The molecule has 0 bridgehead atoms. The Kier molecular flexibility index (Phi) is 6.33. The highest BCUT2D eigenvalue weighted by molar-refractivity contribution is 6.35. The average molecular weight is 446 g/mol. The number of allylic oxidation sites excluding steroid dienone is 1. The number of rotatable bonds is 7. The van der Waals surface area contributed by atoms with Crippen molar-refractivity contribution in [3.8, 4) is 5.75 Å². The van der Waals surface area contributed by atoms with Crippen LogP contribution in [0.5, 0.6) is 5.75 Å². The molecule has 32 heavy (non-hydrogen) atoms. The predicted molar refractivity (Wildman–Crippen MR) is 126 cm³/mol. The minimum atomic E-state index is -0.272. The number of ether oxygens (including phenoxy) is 1. The van der Waals surface area contributed by atoms with Crippen LogP contribution in [0.15, 0.2) is 72.8 Å². The molecule has 0 fully saturated rings. The zero-order chi connectivity index (χ0) is 22.5. The van der Waals surface area contributed by atoms with E-state index in [1.807, 2.05) is 19.1 Å². The first-order valence-corrected chi connectivity index (χ1v) is 10.4. The maximum atomic E-state index is 12.6. The molecule has 0 saturated carbocycles. The van der Waals surface area contributed by atoms with Crippen LogP contribution in [0, 0.1) is 0 Å². The lowest BCUT2D eigenvalue weighted by Crippen LogP contribution is -2.12. The number of hydrogen-bond acceptors (Lipinski definition) is 4. The van der Waals surface area contributed by atoms with E-state index in [1.165, 1.54) is 6.08 Å². The van der Waals surface area contributed by atoms with Crippen LogP contribution in [0.4, 0.5) is 5.69 Å². The summed E-state index contributed by atoms with van der Waals surface area (Å²) in [4.78, 5) is 32.3. The van der Waals surface area contributed by atoms with E-state index in [-0.39, 0.29) is 17.5 Å². The third-order valence-electron chi connectivity index (χ3n) is 4.74. The molecule has 4 rings (SSSR count). The lowest BCUT2D eigenvalue weighted by molar-refractivity contribution is 0.102. The van der Waals surface area contributed by atoms with Crippen molar-refractivity contribution >= 4 is 46.1 Å². The summed E-state index contributed by atoms with van der Waals surface area (Å²) in [6.45, 7) is 2.40. The van der Waals surface area contributed by atoms with Crippen molar-refractivity contribution < 1.29 is 14.3 Å². The van der Waals surface area contributed by atoms with E-state index >= 15 is 0 Å². The molecule has 1 aromatic heterocycles. The van der Waals surface area contributed by atoms with Crippen LogP contribution < -0.4 is 10.1 Å². The molecule has 7 heteroatoms. The molecule has 3 aromatic carbocycles. The molecule has 0 spiro atoms. The smallest absolute Gasteiger partial charge is 0.255 e. The van der Waals surface area contributed by atoms with E-state index < -0.39 is 0 Å². The summed E-state index contributed by atoms with van der Waals surface area (Å²) in [5.41, 5.74) is 3.15. The minimum absolute atomic E-state index is 0.216. The number of para-hydroxylation sites is 3. The number of aromatic amines is 1. The molecule has 4 aromatic rings. The second-order valence-electron chi connectivity index (χ2n) is 6.92. The number of carbonyl (C=O) groups excluding carboxylic acids is 2. The zero-order valence-electron chi connectivity index (χ0n) is 17.3. The second-order valence-corrected chi connectivity index (χ2v) is 7.33. The summed E-state index contributed by atoms with van der Waals surface area (Å²) < 4.78 is 5.54. The number of imidazole rings is 1. The summed E-state index contributed by atoms with van der Waals surface area (Å²) in [5.74, 6) is 0.316. The quantitative estimate of drug-likeness (QED) is 0.279. The van der Waals surface area contributed by atoms with Crippen LogP contribution in [-0.4, -0.2) is 28.3 Å². The lowest BCUT2D eigenvalue weighted by atomic mass is 10.1. The summed E-state index contributed by atoms with van der Waals surface area (Å²) in [5, 5.41) is 3.37. The normalized spacial score (nSPS) is 11.1. The Labute approximate surface area is 189 Å². The Morgan fingerprint density at radius 3 is 2.59 bits per heavy atom. The van der Waals surface area contributed by atoms with Crippen molar-refractivity contribution in [1.82, 2.24) is 9.97 Å². The van der Waals surface area contributed by atoms with Crippen molar-refractivity contribution in [1.29, 1.82) is 0 Å². The molecule has 0 aliphatic heterocycles. The van der Waals surface area contributed by atoms with Crippen molar-refractivity contribution in [2.45, 2.75) is 6.92 Å². The molecule has 2 N–H and O–H groups in total. The number of amides is 1. The molecule has 160 valence electrons. The van der Waals surface area contributed by atoms with Gasteiger partial charge in [-0.05, 0) is 55.0 Å². The number of fused-ring (bicyclic) bond motifs is 1. The highest BCUT2D eigenvalue weighted by Crippen LogP contribution is 2.24. The van der Waals surface area contributed by atoms with Gasteiger partial charge in [-0.3, -0.25) is 9.59 Å². The summed E-state index contributed by atoms with van der Waals surface area (Å²) in [6, 6.07) is 19.5. The number of carbonyl (C=O) groups is 2. The number of halogens is 1. The van der Waals surface area contributed by atoms with E-state index in [1.54, 1.807) is 60.7 Å². The highest BCUT2D eigenvalue weighted by atomic mass is 35.5. The largest absolute Gasteiger partial charge is 0.492 e. The van der Waals surface area contributed by atoms with Gasteiger partial charge >= 0.3 is 0 Å². The van der Waals surface area contributed by atoms with Crippen molar-refractivity contribution in [2.75, 3.05) is 11.9 Å². The van der Waals surface area contributed by atoms with Gasteiger partial charge in [0.1, 0.15) is 5.75 Å². The third kappa shape index (κ3) is 4.71. The number of benzene rings is 3. The molecular formula is C25H20ClN3O3. The fourth-order valence-corrected chi connectivity index (χ4v) is 3.37. The van der Waals surface area contributed by atoms with Gasteiger partial charge in [0.05, 0.1) is 28.4 Å². The molecule has 0 radical (unpaired) electrons. The van der Waals surface area contributed by atoms with Gasteiger partial charge in [0.15, 0.2) is 5.82 Å². The molecule has 1 amide bonds. The van der Waals surface area contributed by atoms with Gasteiger partial charge in [-0.1, -0.05) is 48.0 Å². The summed E-state index contributed by atoms with van der Waals surface area (Å²) >= 11 is 6.12. The topological polar surface area (TPSA) is 84.1 Å². The first-order chi connectivity index (χ1) is 15.5. The molecule has 1 heterocycles. The Morgan fingerprint density at radius 2 is 1.84 bits per heavy atom. The van der Waals surface area contributed by atoms with Crippen molar-refractivity contribution in [3.63, 3.8) is 0 Å². The number of ketones is 1. The van der Waals surface area contributed by atoms with Crippen LogP contribution in [0.3, 0.4) is 0 Å². The van der Waals surface area contributed by atoms with Crippen LogP contribution in [0.1, 0.15) is 33.5 Å². The van der Waals surface area contributed by atoms with Crippen molar-refractivity contribution in [2.24, 2.45) is 0 Å². The molecule has 6 nitrogen and oxygen atoms in total. The van der Waals surface area contributed by atoms with Gasteiger partial charge in [0, 0.05) is 5.56 Å². The zero-order valence-corrected chi connectivity index (χ0v) is 18.0.